The van der Waals surface area contributed by atoms with Gasteiger partial charge in [-0.1, -0.05) is 0 Å². The highest BCUT2D eigenvalue weighted by Gasteiger charge is 2.20. The number of aliphatic hydroxyl groups excluding tert-OH is 1. The zero-order valence-electron chi connectivity index (χ0n) is 12.7. The fraction of sp³-hybridized carbons (Fsp3) is 0.600. The molecule has 3 N–H and O–H groups in total. The summed E-state index contributed by atoms with van der Waals surface area (Å²) >= 11 is 0. The molecule has 0 unspecified atom stereocenters. The minimum absolute atomic E-state index is 0.119. The van der Waals surface area contributed by atoms with E-state index in [1.807, 2.05) is 0 Å². The number of nitrogens with one attached hydrogen (secondary N) is 2. The number of carbonyl (C=O) groups excluding carboxylic acids is 1. The highest BCUT2D eigenvalue weighted by Crippen LogP contribution is 2.18. The van der Waals surface area contributed by atoms with E-state index in [4.69, 9.17) is 9.47 Å². The van der Waals surface area contributed by atoms with Gasteiger partial charge in [0.05, 0.1) is 24.6 Å². The number of ether oxygens (including phenoxy) is 2. The van der Waals surface area contributed by atoms with Gasteiger partial charge in [-0.05, 0) is 31.7 Å². The molecule has 1 aliphatic rings. The number of pyridine rings is 1. The van der Waals surface area contributed by atoms with Crippen molar-refractivity contribution in [3.8, 4) is 5.88 Å². The molecule has 0 aromatic carbocycles. The quantitative estimate of drug-likeness (QED) is 0.693. The van der Waals surface area contributed by atoms with Crippen LogP contribution in [0, 0.1) is 0 Å². The summed E-state index contributed by atoms with van der Waals surface area (Å²) < 4.78 is 10.2. The number of hydrogen-bond acceptors (Lipinski definition) is 5. The number of hydrogen-bond donors (Lipinski definition) is 3. The van der Waals surface area contributed by atoms with Crippen LogP contribution in [0.2, 0.25) is 0 Å². The van der Waals surface area contributed by atoms with Gasteiger partial charge in [-0.15, -0.1) is 0 Å². The van der Waals surface area contributed by atoms with Crippen molar-refractivity contribution in [3.63, 3.8) is 0 Å². The Labute approximate surface area is 130 Å². The van der Waals surface area contributed by atoms with Gasteiger partial charge < -0.3 is 25.2 Å². The number of nitrogens with zero attached hydrogens (tertiary/aromatic N) is 1. The molecule has 1 heterocycles. The molecule has 7 nitrogen and oxygen atoms in total. The van der Waals surface area contributed by atoms with Crippen molar-refractivity contribution in [3.05, 3.63) is 18.3 Å². The first-order valence-electron chi connectivity index (χ1n) is 7.50. The molecule has 0 aliphatic heterocycles. The molecule has 0 saturated heterocycles. The van der Waals surface area contributed by atoms with Gasteiger partial charge in [0.2, 0.25) is 5.88 Å². The Hall–Kier alpha value is -1.86. The molecule has 1 aromatic heterocycles. The van der Waals surface area contributed by atoms with E-state index in [1.54, 1.807) is 25.4 Å². The predicted octanol–water partition coefficient (Wildman–Crippen LogP) is 1.53. The van der Waals surface area contributed by atoms with Crippen LogP contribution in [0.1, 0.15) is 25.7 Å². The van der Waals surface area contributed by atoms with Crippen LogP contribution in [0.25, 0.3) is 0 Å². The van der Waals surface area contributed by atoms with E-state index in [9.17, 15) is 9.90 Å². The fourth-order valence-corrected chi connectivity index (χ4v) is 2.34. The van der Waals surface area contributed by atoms with Crippen molar-refractivity contribution in [1.29, 1.82) is 0 Å². The van der Waals surface area contributed by atoms with Gasteiger partial charge in [-0.2, -0.15) is 0 Å². The van der Waals surface area contributed by atoms with Crippen LogP contribution in [0.15, 0.2) is 18.3 Å². The predicted molar refractivity (Wildman–Crippen MR) is 82.0 cm³/mol. The highest BCUT2D eigenvalue weighted by atomic mass is 16.5. The lowest BCUT2D eigenvalue weighted by Crippen LogP contribution is -2.40. The minimum atomic E-state index is -0.253. The highest BCUT2D eigenvalue weighted by molar-refractivity contribution is 5.89. The van der Waals surface area contributed by atoms with Crippen LogP contribution in [-0.2, 0) is 4.74 Å². The Balaban J connectivity index is 1.74. The number of aliphatic hydroxyl groups is 1. The van der Waals surface area contributed by atoms with Crippen molar-refractivity contribution >= 4 is 11.7 Å². The topological polar surface area (TPSA) is 92.7 Å². The first-order chi connectivity index (χ1) is 10.7. The van der Waals surface area contributed by atoms with E-state index in [0.29, 0.717) is 24.8 Å². The third-order valence-corrected chi connectivity index (χ3v) is 3.56. The molecule has 1 saturated carbocycles. The molecule has 1 aromatic rings. The number of aromatic nitrogens is 1. The van der Waals surface area contributed by atoms with E-state index in [2.05, 4.69) is 15.6 Å². The number of urea groups is 1. The molecule has 2 rings (SSSR count). The Morgan fingerprint density at radius 2 is 2.09 bits per heavy atom. The van der Waals surface area contributed by atoms with Gasteiger partial charge in [-0.3, -0.25) is 0 Å². The number of rotatable bonds is 6. The molecule has 7 heteroatoms. The molecule has 122 valence electrons. The molecular weight excluding hydrogens is 286 g/mol. The molecular formula is C15H23N3O4. The van der Waals surface area contributed by atoms with E-state index in [-0.39, 0.29) is 18.2 Å². The number of methoxy groups -OCH3 is 1. The Bertz CT molecular complexity index is 458. The second-order valence-electron chi connectivity index (χ2n) is 5.33. The Morgan fingerprint density at radius 1 is 1.32 bits per heavy atom. The summed E-state index contributed by atoms with van der Waals surface area (Å²) in [4.78, 5) is 16.0. The van der Waals surface area contributed by atoms with Crippen LogP contribution >= 0.6 is 0 Å². The van der Waals surface area contributed by atoms with Crippen molar-refractivity contribution in [1.82, 2.24) is 10.3 Å². The average Bonchev–Trinajstić information content (AvgIpc) is 2.51. The largest absolute Gasteiger partial charge is 0.475 e. The molecule has 0 atom stereocenters. The normalized spacial score (nSPS) is 21.2. The van der Waals surface area contributed by atoms with Crippen LogP contribution in [-0.4, -0.2) is 48.6 Å². The lowest BCUT2D eigenvalue weighted by molar-refractivity contribution is 0.118. The van der Waals surface area contributed by atoms with Gasteiger partial charge in [0, 0.05) is 19.2 Å². The molecule has 0 spiro atoms. The second kappa shape index (κ2) is 8.55. The van der Waals surface area contributed by atoms with Gasteiger partial charge in [0.15, 0.2) is 0 Å². The zero-order valence-corrected chi connectivity index (χ0v) is 12.7. The number of carbonyl (C=O) groups is 1. The van der Waals surface area contributed by atoms with Crippen LogP contribution in [0.4, 0.5) is 10.5 Å². The van der Waals surface area contributed by atoms with Crippen molar-refractivity contribution in [2.45, 2.75) is 37.8 Å². The second-order valence-corrected chi connectivity index (χ2v) is 5.33. The lowest BCUT2D eigenvalue weighted by Gasteiger charge is -2.26. The van der Waals surface area contributed by atoms with Gasteiger partial charge in [0.1, 0.15) is 6.61 Å². The molecule has 1 fully saturated rings. The summed E-state index contributed by atoms with van der Waals surface area (Å²) in [6, 6.07) is 3.30. The van der Waals surface area contributed by atoms with Gasteiger partial charge in [0.25, 0.3) is 0 Å². The Kier molecular flexibility index (Phi) is 6.42. The summed E-state index contributed by atoms with van der Waals surface area (Å²) in [5.74, 6) is 0.490. The monoisotopic (exact) mass is 309 g/mol. The minimum Gasteiger partial charge on any atom is -0.475 e. The number of anilines is 1. The summed E-state index contributed by atoms with van der Waals surface area (Å²) in [5.41, 5.74) is 0.604. The third kappa shape index (κ3) is 5.50. The van der Waals surface area contributed by atoms with Gasteiger partial charge in [-0.25, -0.2) is 9.78 Å². The van der Waals surface area contributed by atoms with E-state index >= 15 is 0 Å². The van der Waals surface area contributed by atoms with Crippen molar-refractivity contribution < 1.29 is 19.4 Å². The maximum absolute atomic E-state index is 11.9. The third-order valence-electron chi connectivity index (χ3n) is 3.56. The Morgan fingerprint density at radius 3 is 2.73 bits per heavy atom. The fourth-order valence-electron chi connectivity index (χ4n) is 2.34. The van der Waals surface area contributed by atoms with E-state index < -0.39 is 0 Å². The number of amides is 2. The molecule has 1 aliphatic carbocycles. The summed E-state index contributed by atoms with van der Waals surface area (Å²) in [6.07, 6.45) is 4.40. The van der Waals surface area contributed by atoms with Crippen molar-refractivity contribution in [2.75, 3.05) is 25.6 Å². The smallest absolute Gasteiger partial charge is 0.319 e. The van der Waals surface area contributed by atoms with Crippen molar-refractivity contribution in [2.24, 2.45) is 0 Å². The average molecular weight is 309 g/mol. The zero-order chi connectivity index (χ0) is 15.8. The summed E-state index contributed by atoms with van der Waals surface area (Å²) in [7, 11) is 1.61. The first-order valence-corrected chi connectivity index (χ1v) is 7.50. The molecule has 2 amide bonds. The maximum Gasteiger partial charge on any atom is 0.319 e. The van der Waals surface area contributed by atoms with E-state index in [0.717, 1.165) is 25.7 Å². The standard InChI is InChI=1S/C15H23N3O4/c1-21-8-9-22-14-7-4-12(10-16-14)18-15(20)17-11-2-5-13(19)6-3-11/h4,7,10-11,13,19H,2-3,5-6,8-9H2,1H3,(H2,17,18,20). The van der Waals surface area contributed by atoms with Gasteiger partial charge >= 0.3 is 6.03 Å². The molecule has 0 radical (unpaired) electrons. The first kappa shape index (κ1) is 16.5. The SMILES string of the molecule is COCCOc1ccc(NC(=O)NC2CCC(O)CC2)cn1. The van der Waals surface area contributed by atoms with Crippen LogP contribution in [0.5, 0.6) is 5.88 Å². The summed E-state index contributed by atoms with van der Waals surface area (Å²) in [6.45, 7) is 0.935. The molecule has 0 bridgehead atoms. The van der Waals surface area contributed by atoms with Crippen LogP contribution < -0.4 is 15.4 Å². The molecule has 22 heavy (non-hydrogen) atoms. The van der Waals surface area contributed by atoms with E-state index in [1.165, 1.54) is 0 Å². The maximum atomic E-state index is 11.9. The van der Waals surface area contributed by atoms with Crippen LogP contribution in [0.3, 0.4) is 0 Å². The summed E-state index contributed by atoms with van der Waals surface area (Å²) in [5, 5.41) is 15.1. The lowest BCUT2D eigenvalue weighted by atomic mass is 9.93.